The number of hydrogen-bond acceptors (Lipinski definition) is 2. The normalized spacial score (nSPS) is 10.9. The number of benzene rings is 3. The van der Waals surface area contributed by atoms with Crippen LogP contribution < -0.4 is 10.2 Å². The van der Waals surface area contributed by atoms with Crippen molar-refractivity contribution in [2.45, 2.75) is 13.3 Å². The molecule has 0 aliphatic rings. The van der Waals surface area contributed by atoms with E-state index in [2.05, 4.69) is 76.7 Å². The molecule has 1 heterocycles. The minimum Gasteiger partial charge on any atom is -0.373 e. The third kappa shape index (κ3) is 4.54. The van der Waals surface area contributed by atoms with Gasteiger partial charge in [-0.25, -0.2) is 0 Å². The fraction of sp³-hybridized carbons (Fsp3) is 0.192. The van der Waals surface area contributed by atoms with Crippen molar-refractivity contribution in [2.24, 2.45) is 0 Å². The van der Waals surface area contributed by atoms with Crippen molar-refractivity contribution in [3.05, 3.63) is 90.1 Å². The first-order chi connectivity index (χ1) is 14.6. The van der Waals surface area contributed by atoms with Gasteiger partial charge in [0, 0.05) is 42.9 Å². The Bertz CT molecular complexity index is 1130. The molecule has 0 fully saturated rings. The summed E-state index contributed by atoms with van der Waals surface area (Å²) < 4.78 is 0. The summed E-state index contributed by atoms with van der Waals surface area (Å²) >= 11 is 0. The standard InChI is InChI=1S/C26H27N3O/c1-19-8-10-20(11-9-19)21-12-13-24-22(18-28-25(24)16-21)17-26(30)27-14-15-29(2)23-6-4-3-5-7-23/h3-13,16,18,28H,14-15,17H2,1-2H3,(H,27,30). The molecule has 0 bridgehead atoms. The number of carbonyl (C=O) groups is 1. The molecular formula is C26H27N3O. The molecule has 2 N–H and O–H groups in total. The number of amides is 1. The molecule has 4 heteroatoms. The molecule has 0 aliphatic heterocycles. The van der Waals surface area contributed by atoms with Crippen molar-refractivity contribution in [2.75, 3.05) is 25.0 Å². The van der Waals surface area contributed by atoms with E-state index >= 15 is 0 Å². The number of aromatic nitrogens is 1. The van der Waals surface area contributed by atoms with Gasteiger partial charge in [-0.3, -0.25) is 4.79 Å². The Morgan fingerprint density at radius 3 is 2.47 bits per heavy atom. The Kier molecular flexibility index (Phi) is 5.84. The van der Waals surface area contributed by atoms with Crippen LogP contribution in [0.3, 0.4) is 0 Å². The SMILES string of the molecule is Cc1ccc(-c2ccc3c(CC(=O)NCCN(C)c4ccccc4)c[nH]c3c2)cc1. The third-order valence-electron chi connectivity index (χ3n) is 5.47. The monoisotopic (exact) mass is 397 g/mol. The molecule has 1 aromatic heterocycles. The smallest absolute Gasteiger partial charge is 0.224 e. The predicted octanol–water partition coefficient (Wildman–Crippen LogP) is 4.94. The molecule has 0 saturated carbocycles. The van der Waals surface area contributed by atoms with Crippen LogP contribution in [0.2, 0.25) is 0 Å². The highest BCUT2D eigenvalue weighted by molar-refractivity contribution is 5.91. The van der Waals surface area contributed by atoms with Crippen LogP contribution in [-0.2, 0) is 11.2 Å². The summed E-state index contributed by atoms with van der Waals surface area (Å²) in [6.07, 6.45) is 2.32. The topological polar surface area (TPSA) is 48.1 Å². The lowest BCUT2D eigenvalue weighted by Crippen LogP contribution is -2.33. The van der Waals surface area contributed by atoms with Crippen LogP contribution in [-0.4, -0.2) is 31.0 Å². The van der Waals surface area contributed by atoms with E-state index in [0.29, 0.717) is 13.0 Å². The van der Waals surface area contributed by atoms with E-state index < -0.39 is 0 Å². The molecule has 0 aliphatic carbocycles. The van der Waals surface area contributed by atoms with Gasteiger partial charge in [-0.15, -0.1) is 0 Å². The second kappa shape index (κ2) is 8.87. The maximum atomic E-state index is 12.4. The predicted molar refractivity (Wildman–Crippen MR) is 125 cm³/mol. The minimum absolute atomic E-state index is 0.0416. The zero-order valence-electron chi connectivity index (χ0n) is 17.5. The number of rotatable bonds is 7. The largest absolute Gasteiger partial charge is 0.373 e. The van der Waals surface area contributed by atoms with Gasteiger partial charge in [0.1, 0.15) is 0 Å². The molecule has 1 amide bonds. The molecule has 4 rings (SSSR count). The zero-order chi connectivity index (χ0) is 20.9. The number of nitrogens with one attached hydrogen (secondary N) is 2. The fourth-order valence-corrected chi connectivity index (χ4v) is 3.67. The van der Waals surface area contributed by atoms with Crippen molar-refractivity contribution in [1.82, 2.24) is 10.3 Å². The summed E-state index contributed by atoms with van der Waals surface area (Å²) in [7, 11) is 2.03. The van der Waals surface area contributed by atoms with Gasteiger partial charge in [0.2, 0.25) is 5.91 Å². The lowest BCUT2D eigenvalue weighted by Gasteiger charge is -2.19. The summed E-state index contributed by atoms with van der Waals surface area (Å²) in [4.78, 5) is 17.9. The number of aryl methyl sites for hydroxylation is 1. The Morgan fingerprint density at radius 1 is 0.967 bits per heavy atom. The molecule has 30 heavy (non-hydrogen) atoms. The van der Waals surface area contributed by atoms with Crippen LogP contribution in [0.15, 0.2) is 79.0 Å². The highest BCUT2D eigenvalue weighted by atomic mass is 16.1. The molecule has 0 radical (unpaired) electrons. The highest BCUT2D eigenvalue weighted by Gasteiger charge is 2.10. The van der Waals surface area contributed by atoms with Crippen molar-refractivity contribution in [3.63, 3.8) is 0 Å². The van der Waals surface area contributed by atoms with Crippen LogP contribution in [0.1, 0.15) is 11.1 Å². The van der Waals surface area contributed by atoms with Crippen LogP contribution in [0.4, 0.5) is 5.69 Å². The number of carbonyl (C=O) groups excluding carboxylic acids is 1. The highest BCUT2D eigenvalue weighted by Crippen LogP contribution is 2.26. The van der Waals surface area contributed by atoms with E-state index in [1.54, 1.807) is 0 Å². The summed E-state index contributed by atoms with van der Waals surface area (Å²) in [5.74, 6) is 0.0416. The van der Waals surface area contributed by atoms with Crippen LogP contribution in [0, 0.1) is 6.92 Å². The molecule has 0 atom stereocenters. The van der Waals surface area contributed by atoms with Gasteiger partial charge in [-0.2, -0.15) is 0 Å². The van der Waals surface area contributed by atoms with E-state index in [1.807, 2.05) is 31.4 Å². The molecule has 4 nitrogen and oxygen atoms in total. The maximum Gasteiger partial charge on any atom is 0.224 e. The number of anilines is 1. The lowest BCUT2D eigenvalue weighted by molar-refractivity contribution is -0.120. The Hall–Kier alpha value is -3.53. The van der Waals surface area contributed by atoms with E-state index in [4.69, 9.17) is 0 Å². The van der Waals surface area contributed by atoms with Gasteiger partial charge >= 0.3 is 0 Å². The molecule has 3 aromatic carbocycles. The Morgan fingerprint density at radius 2 is 1.70 bits per heavy atom. The number of aromatic amines is 1. The van der Waals surface area contributed by atoms with E-state index in [9.17, 15) is 4.79 Å². The first-order valence-corrected chi connectivity index (χ1v) is 10.3. The molecule has 152 valence electrons. The van der Waals surface area contributed by atoms with Crippen molar-refractivity contribution in [1.29, 1.82) is 0 Å². The molecular weight excluding hydrogens is 370 g/mol. The van der Waals surface area contributed by atoms with Crippen LogP contribution in [0.5, 0.6) is 0 Å². The molecule has 4 aromatic rings. The lowest BCUT2D eigenvalue weighted by atomic mass is 10.0. The number of likely N-dealkylation sites (N-methyl/N-ethyl adjacent to an activating group) is 1. The van der Waals surface area contributed by atoms with Gasteiger partial charge in [0.15, 0.2) is 0 Å². The second-order valence-electron chi connectivity index (χ2n) is 7.72. The average molecular weight is 398 g/mol. The van der Waals surface area contributed by atoms with Crippen LogP contribution >= 0.6 is 0 Å². The maximum absolute atomic E-state index is 12.4. The first-order valence-electron chi connectivity index (χ1n) is 10.3. The van der Waals surface area contributed by atoms with E-state index in [1.165, 1.54) is 16.7 Å². The summed E-state index contributed by atoms with van der Waals surface area (Å²) in [5.41, 5.74) is 6.84. The minimum atomic E-state index is 0.0416. The Labute approximate surface area is 177 Å². The van der Waals surface area contributed by atoms with Gasteiger partial charge < -0.3 is 15.2 Å². The van der Waals surface area contributed by atoms with E-state index in [-0.39, 0.29) is 5.91 Å². The number of H-pyrrole nitrogens is 1. The van der Waals surface area contributed by atoms with E-state index in [0.717, 1.165) is 28.7 Å². The van der Waals surface area contributed by atoms with Crippen molar-refractivity contribution in [3.8, 4) is 11.1 Å². The number of fused-ring (bicyclic) bond motifs is 1. The second-order valence-corrected chi connectivity index (χ2v) is 7.72. The summed E-state index contributed by atoms with van der Waals surface area (Å²) in [5, 5.41) is 4.13. The third-order valence-corrected chi connectivity index (χ3v) is 5.47. The van der Waals surface area contributed by atoms with Crippen molar-refractivity contribution < 1.29 is 4.79 Å². The molecule has 0 unspecified atom stereocenters. The van der Waals surface area contributed by atoms with Gasteiger partial charge in [-0.05, 0) is 41.8 Å². The fourth-order valence-electron chi connectivity index (χ4n) is 3.67. The van der Waals surface area contributed by atoms with Gasteiger partial charge in [-0.1, -0.05) is 60.2 Å². The van der Waals surface area contributed by atoms with Gasteiger partial charge in [0.05, 0.1) is 6.42 Å². The summed E-state index contributed by atoms with van der Waals surface area (Å²) in [6.45, 7) is 3.47. The average Bonchev–Trinajstić information content (AvgIpc) is 3.16. The zero-order valence-corrected chi connectivity index (χ0v) is 17.5. The Balaban J connectivity index is 1.36. The number of hydrogen-bond donors (Lipinski definition) is 2. The number of nitrogens with zero attached hydrogens (tertiary/aromatic N) is 1. The summed E-state index contributed by atoms with van der Waals surface area (Å²) in [6, 6.07) is 25.1. The number of para-hydroxylation sites is 1. The quantitative estimate of drug-likeness (QED) is 0.464. The molecule has 0 saturated heterocycles. The first kappa shape index (κ1) is 19.8. The molecule has 0 spiro atoms. The van der Waals surface area contributed by atoms with Crippen LogP contribution in [0.25, 0.3) is 22.0 Å². The van der Waals surface area contributed by atoms with Gasteiger partial charge in [0.25, 0.3) is 0 Å². The van der Waals surface area contributed by atoms with Crippen molar-refractivity contribution >= 4 is 22.5 Å².